The van der Waals surface area contributed by atoms with Gasteiger partial charge in [0.2, 0.25) is 0 Å². The van der Waals surface area contributed by atoms with Gasteiger partial charge in [-0.15, -0.1) is 0 Å². The maximum absolute atomic E-state index is 5.37. The Balaban J connectivity index is 1.41. The van der Waals surface area contributed by atoms with Gasteiger partial charge in [0.1, 0.15) is 0 Å². The van der Waals surface area contributed by atoms with Crippen molar-refractivity contribution in [1.29, 1.82) is 0 Å². The smallest absolute Gasteiger partial charge is 0.162 e. The van der Waals surface area contributed by atoms with Gasteiger partial charge in [0.15, 0.2) is 11.5 Å². The Morgan fingerprint density at radius 1 is 0.885 bits per heavy atom. The molecule has 0 saturated heterocycles. The molecule has 0 radical (unpaired) electrons. The second-order valence-corrected chi connectivity index (χ2v) is 6.64. The Morgan fingerprint density at radius 2 is 1.58 bits per heavy atom. The summed E-state index contributed by atoms with van der Waals surface area (Å²) in [6.45, 7) is 3.87. The first kappa shape index (κ1) is 16.7. The summed E-state index contributed by atoms with van der Waals surface area (Å²) in [5.41, 5.74) is 3.90. The molecule has 0 fully saturated rings. The van der Waals surface area contributed by atoms with Gasteiger partial charge in [-0.25, -0.2) is 0 Å². The van der Waals surface area contributed by atoms with E-state index >= 15 is 0 Å². The van der Waals surface area contributed by atoms with Gasteiger partial charge in [0, 0.05) is 37.9 Å². The van der Waals surface area contributed by atoms with E-state index in [2.05, 4.69) is 46.6 Å². The molecule has 3 aromatic carbocycles. The molecule has 3 aromatic rings. The maximum Gasteiger partial charge on any atom is 0.162 e. The Labute approximate surface area is 154 Å². The number of methoxy groups -OCH3 is 2. The van der Waals surface area contributed by atoms with Gasteiger partial charge >= 0.3 is 0 Å². The van der Waals surface area contributed by atoms with Gasteiger partial charge < -0.3 is 14.8 Å². The first-order valence-electron chi connectivity index (χ1n) is 8.96. The molecule has 1 N–H and O–H groups in total. The molecule has 4 rings (SSSR count). The molecule has 0 bridgehead atoms. The van der Waals surface area contributed by atoms with E-state index in [1.807, 2.05) is 18.2 Å². The highest BCUT2D eigenvalue weighted by Gasteiger charge is 2.17. The van der Waals surface area contributed by atoms with E-state index in [1.54, 1.807) is 14.2 Å². The summed E-state index contributed by atoms with van der Waals surface area (Å²) < 4.78 is 10.7. The van der Waals surface area contributed by atoms with E-state index in [0.717, 1.165) is 43.4 Å². The topological polar surface area (TPSA) is 33.7 Å². The highest BCUT2D eigenvalue weighted by atomic mass is 16.5. The summed E-state index contributed by atoms with van der Waals surface area (Å²) in [4.78, 5) is 2.49. The molecule has 26 heavy (non-hydrogen) atoms. The summed E-state index contributed by atoms with van der Waals surface area (Å²) in [5.74, 6) is 1.50. The lowest BCUT2D eigenvalue weighted by atomic mass is 9.95. The van der Waals surface area contributed by atoms with E-state index in [9.17, 15) is 0 Å². The SMILES string of the molecule is COc1ccc(NCCN2Cc3cccc4cccc(c34)C2)cc1OC. The number of nitrogens with one attached hydrogen (secondary N) is 1. The highest BCUT2D eigenvalue weighted by molar-refractivity contribution is 5.89. The minimum atomic E-state index is 0.746. The van der Waals surface area contributed by atoms with Gasteiger partial charge in [-0.3, -0.25) is 4.90 Å². The molecule has 134 valence electrons. The van der Waals surface area contributed by atoms with Crippen LogP contribution < -0.4 is 14.8 Å². The van der Waals surface area contributed by atoms with Crippen LogP contribution in [0, 0.1) is 0 Å². The van der Waals surface area contributed by atoms with Crippen molar-refractivity contribution in [2.75, 3.05) is 32.6 Å². The third-order valence-electron chi connectivity index (χ3n) is 5.01. The molecular formula is C22H24N2O2. The van der Waals surface area contributed by atoms with E-state index in [4.69, 9.17) is 9.47 Å². The predicted molar refractivity (Wildman–Crippen MR) is 106 cm³/mol. The first-order valence-corrected chi connectivity index (χ1v) is 8.96. The number of benzene rings is 3. The fraction of sp³-hybridized carbons (Fsp3) is 0.273. The van der Waals surface area contributed by atoms with Crippen molar-refractivity contribution in [1.82, 2.24) is 4.90 Å². The standard InChI is InChI=1S/C22H24N2O2/c1-25-20-10-9-19(13-21(20)26-2)23-11-12-24-14-17-7-3-5-16-6-4-8-18(15-24)22(16)17/h3-10,13,23H,11-12,14-15H2,1-2H3. The van der Waals surface area contributed by atoms with E-state index < -0.39 is 0 Å². The first-order chi connectivity index (χ1) is 12.8. The molecule has 1 aliphatic rings. The minimum absolute atomic E-state index is 0.746. The van der Waals surface area contributed by atoms with Gasteiger partial charge in [-0.05, 0) is 34.0 Å². The summed E-state index contributed by atoms with van der Waals surface area (Å²) in [6, 6.07) is 19.2. The molecule has 0 unspecified atom stereocenters. The normalized spacial score (nSPS) is 13.6. The summed E-state index contributed by atoms with van der Waals surface area (Å²) in [6.07, 6.45) is 0. The van der Waals surface area contributed by atoms with E-state index in [1.165, 1.54) is 21.9 Å². The van der Waals surface area contributed by atoms with Crippen LogP contribution in [0.25, 0.3) is 10.8 Å². The number of rotatable bonds is 6. The van der Waals surface area contributed by atoms with Gasteiger partial charge in [-0.2, -0.15) is 0 Å². The third-order valence-corrected chi connectivity index (χ3v) is 5.01. The van der Waals surface area contributed by atoms with E-state index in [-0.39, 0.29) is 0 Å². The quantitative estimate of drug-likeness (QED) is 0.721. The molecule has 0 aromatic heterocycles. The van der Waals surface area contributed by atoms with Crippen LogP contribution in [-0.4, -0.2) is 32.2 Å². The fourth-order valence-electron chi connectivity index (χ4n) is 3.77. The van der Waals surface area contributed by atoms with Crippen LogP contribution in [0.5, 0.6) is 11.5 Å². The lowest BCUT2D eigenvalue weighted by Gasteiger charge is -2.29. The Hall–Kier alpha value is -2.72. The molecule has 1 heterocycles. The lowest BCUT2D eigenvalue weighted by Crippen LogP contribution is -2.31. The predicted octanol–water partition coefficient (Wildman–Crippen LogP) is 4.28. The number of anilines is 1. The van der Waals surface area contributed by atoms with Gasteiger partial charge in [0.05, 0.1) is 14.2 Å². The molecule has 4 nitrogen and oxygen atoms in total. The summed E-state index contributed by atoms with van der Waals surface area (Å²) in [5, 5.41) is 6.28. The molecular weight excluding hydrogens is 324 g/mol. The van der Waals surface area contributed by atoms with Crippen molar-refractivity contribution >= 4 is 16.5 Å². The minimum Gasteiger partial charge on any atom is -0.493 e. The Morgan fingerprint density at radius 3 is 2.23 bits per heavy atom. The van der Waals surface area contributed by atoms with Crippen LogP contribution in [0.2, 0.25) is 0 Å². The highest BCUT2D eigenvalue weighted by Crippen LogP contribution is 2.31. The van der Waals surface area contributed by atoms with Crippen molar-refractivity contribution in [3.05, 3.63) is 65.7 Å². The Bertz CT molecular complexity index is 882. The van der Waals surface area contributed by atoms with Crippen LogP contribution in [0.15, 0.2) is 54.6 Å². The lowest BCUT2D eigenvalue weighted by molar-refractivity contribution is 0.263. The second kappa shape index (κ2) is 7.26. The van der Waals surface area contributed by atoms with E-state index in [0.29, 0.717) is 0 Å². The zero-order valence-corrected chi connectivity index (χ0v) is 15.3. The number of ether oxygens (including phenoxy) is 2. The molecule has 0 spiro atoms. The van der Waals surface area contributed by atoms with Crippen molar-refractivity contribution < 1.29 is 9.47 Å². The van der Waals surface area contributed by atoms with Crippen LogP contribution in [0.3, 0.4) is 0 Å². The zero-order valence-electron chi connectivity index (χ0n) is 15.3. The molecule has 0 amide bonds. The van der Waals surface area contributed by atoms with Crippen LogP contribution in [-0.2, 0) is 13.1 Å². The monoisotopic (exact) mass is 348 g/mol. The van der Waals surface area contributed by atoms with Crippen molar-refractivity contribution in [3.63, 3.8) is 0 Å². The van der Waals surface area contributed by atoms with Crippen molar-refractivity contribution in [3.8, 4) is 11.5 Å². The fourth-order valence-corrected chi connectivity index (χ4v) is 3.77. The average molecular weight is 348 g/mol. The van der Waals surface area contributed by atoms with Gasteiger partial charge in [-0.1, -0.05) is 36.4 Å². The summed E-state index contributed by atoms with van der Waals surface area (Å²) in [7, 11) is 3.31. The third kappa shape index (κ3) is 3.20. The maximum atomic E-state index is 5.37. The number of hydrogen-bond donors (Lipinski definition) is 1. The van der Waals surface area contributed by atoms with Crippen LogP contribution in [0.4, 0.5) is 5.69 Å². The van der Waals surface area contributed by atoms with Crippen molar-refractivity contribution in [2.45, 2.75) is 13.1 Å². The second-order valence-electron chi connectivity index (χ2n) is 6.64. The number of hydrogen-bond acceptors (Lipinski definition) is 4. The van der Waals surface area contributed by atoms with Crippen LogP contribution in [0.1, 0.15) is 11.1 Å². The average Bonchev–Trinajstić information content (AvgIpc) is 2.68. The molecule has 1 aliphatic heterocycles. The van der Waals surface area contributed by atoms with Crippen molar-refractivity contribution in [2.24, 2.45) is 0 Å². The van der Waals surface area contributed by atoms with Crippen LogP contribution >= 0.6 is 0 Å². The molecule has 0 atom stereocenters. The molecule has 0 saturated carbocycles. The zero-order chi connectivity index (χ0) is 17.9. The van der Waals surface area contributed by atoms with Gasteiger partial charge in [0.25, 0.3) is 0 Å². The molecule has 0 aliphatic carbocycles. The summed E-state index contributed by atoms with van der Waals surface area (Å²) >= 11 is 0. The number of nitrogens with zero attached hydrogens (tertiary/aromatic N) is 1. The molecule has 4 heteroatoms. The Kier molecular flexibility index (Phi) is 4.67. The largest absolute Gasteiger partial charge is 0.493 e.